The number of nitrogens with two attached hydrogens (primary N) is 1. The molecule has 0 unspecified atom stereocenters. The quantitative estimate of drug-likeness (QED) is 0.802. The summed E-state index contributed by atoms with van der Waals surface area (Å²) in [5.41, 5.74) is 4.67. The van der Waals surface area contributed by atoms with Gasteiger partial charge in [0.25, 0.3) is 6.43 Å². The minimum absolute atomic E-state index is 0.0188. The average molecular weight is 216 g/mol. The molecule has 1 heterocycles. The summed E-state index contributed by atoms with van der Waals surface area (Å²) >= 11 is 0. The highest BCUT2D eigenvalue weighted by atomic mass is 19.3. The van der Waals surface area contributed by atoms with Crippen LogP contribution in [0.4, 0.5) is 8.78 Å². The molecular weight excluding hydrogens is 206 g/mol. The van der Waals surface area contributed by atoms with Crippen LogP contribution in [0.25, 0.3) is 0 Å². The predicted molar refractivity (Wildman–Crippen MR) is 48.8 cm³/mol. The van der Waals surface area contributed by atoms with Gasteiger partial charge in [0.1, 0.15) is 0 Å². The highest BCUT2D eigenvalue weighted by Crippen LogP contribution is 2.24. The van der Waals surface area contributed by atoms with Gasteiger partial charge in [-0.1, -0.05) is 0 Å². The van der Waals surface area contributed by atoms with Gasteiger partial charge in [-0.2, -0.15) is 0 Å². The van der Waals surface area contributed by atoms with Crippen LogP contribution in [0.15, 0.2) is 6.07 Å². The molecule has 0 aliphatic heterocycles. The lowest BCUT2D eigenvalue weighted by molar-refractivity contribution is 0.0688. The number of nitrogens with zero attached hydrogens (tertiary/aromatic N) is 1. The van der Waals surface area contributed by atoms with E-state index in [9.17, 15) is 13.6 Å². The van der Waals surface area contributed by atoms with E-state index in [0.717, 1.165) is 6.07 Å². The van der Waals surface area contributed by atoms with Crippen LogP contribution in [0.2, 0.25) is 0 Å². The zero-order valence-corrected chi connectivity index (χ0v) is 8.00. The summed E-state index contributed by atoms with van der Waals surface area (Å²) in [6.45, 7) is 1.23. The number of rotatable bonds is 3. The lowest BCUT2D eigenvalue weighted by Crippen LogP contribution is -2.11. The van der Waals surface area contributed by atoms with Gasteiger partial charge in [-0.3, -0.25) is 0 Å². The Morgan fingerprint density at radius 1 is 1.67 bits per heavy atom. The predicted octanol–water partition coefficient (Wildman–Crippen LogP) is 1.48. The summed E-state index contributed by atoms with van der Waals surface area (Å²) < 4.78 is 25.1. The topological polar surface area (TPSA) is 76.2 Å². The van der Waals surface area contributed by atoms with Crippen molar-refractivity contribution in [2.24, 2.45) is 5.73 Å². The van der Waals surface area contributed by atoms with E-state index in [4.69, 9.17) is 10.8 Å². The molecule has 0 saturated heterocycles. The fraction of sp³-hybridized carbons (Fsp3) is 0.333. The van der Waals surface area contributed by atoms with Crippen LogP contribution in [0.1, 0.15) is 33.7 Å². The maximum Gasteiger partial charge on any atom is 0.354 e. The van der Waals surface area contributed by atoms with Gasteiger partial charge in [-0.15, -0.1) is 0 Å². The number of carboxylic acid groups (broad SMARTS) is 1. The molecule has 15 heavy (non-hydrogen) atoms. The molecule has 0 saturated carbocycles. The molecule has 0 aliphatic carbocycles. The number of halogens is 2. The Kier molecular flexibility index (Phi) is 3.31. The second kappa shape index (κ2) is 4.31. The van der Waals surface area contributed by atoms with Crippen molar-refractivity contribution >= 4 is 5.97 Å². The third kappa shape index (κ3) is 2.27. The number of aromatic carboxylic acids is 1. The molecule has 1 rings (SSSR count). The van der Waals surface area contributed by atoms with Crippen molar-refractivity contribution < 1.29 is 18.7 Å². The molecule has 82 valence electrons. The van der Waals surface area contributed by atoms with Crippen molar-refractivity contribution in [1.82, 2.24) is 4.98 Å². The summed E-state index contributed by atoms with van der Waals surface area (Å²) in [5.74, 6) is -1.33. The zero-order valence-electron chi connectivity index (χ0n) is 8.00. The lowest BCUT2D eigenvalue weighted by atomic mass is 10.1. The molecule has 0 atom stereocenters. The first kappa shape index (κ1) is 11.5. The van der Waals surface area contributed by atoms with E-state index in [1.807, 2.05) is 0 Å². The first-order valence-corrected chi connectivity index (χ1v) is 4.19. The SMILES string of the molecule is Cc1c(C(F)F)cc(CN)nc1C(=O)O. The molecule has 0 radical (unpaired) electrons. The third-order valence-corrected chi connectivity index (χ3v) is 2.01. The third-order valence-electron chi connectivity index (χ3n) is 2.01. The van der Waals surface area contributed by atoms with E-state index in [1.54, 1.807) is 0 Å². The Balaban J connectivity index is 3.40. The summed E-state index contributed by atoms with van der Waals surface area (Å²) in [6, 6.07) is 1.13. The summed E-state index contributed by atoms with van der Waals surface area (Å²) in [7, 11) is 0. The summed E-state index contributed by atoms with van der Waals surface area (Å²) in [6.07, 6.45) is -2.73. The Labute approximate surface area is 84.7 Å². The van der Waals surface area contributed by atoms with Gasteiger partial charge in [0, 0.05) is 12.1 Å². The van der Waals surface area contributed by atoms with Crippen molar-refractivity contribution in [2.75, 3.05) is 0 Å². The first-order chi connectivity index (χ1) is 6.97. The van der Waals surface area contributed by atoms with Gasteiger partial charge in [0.05, 0.1) is 5.69 Å². The van der Waals surface area contributed by atoms with Crippen LogP contribution in [0, 0.1) is 6.92 Å². The second-order valence-electron chi connectivity index (χ2n) is 2.99. The minimum Gasteiger partial charge on any atom is -0.477 e. The minimum atomic E-state index is -2.73. The first-order valence-electron chi connectivity index (χ1n) is 4.19. The normalized spacial score (nSPS) is 10.7. The van der Waals surface area contributed by atoms with Crippen LogP contribution in [0.5, 0.6) is 0 Å². The highest BCUT2D eigenvalue weighted by Gasteiger charge is 2.19. The molecular formula is C9H10F2N2O2. The van der Waals surface area contributed by atoms with Crippen LogP contribution >= 0.6 is 0 Å². The number of hydrogen-bond acceptors (Lipinski definition) is 3. The van der Waals surface area contributed by atoms with Crippen LogP contribution in [-0.2, 0) is 6.54 Å². The Morgan fingerprint density at radius 3 is 2.67 bits per heavy atom. The van der Waals surface area contributed by atoms with E-state index in [0.29, 0.717) is 0 Å². The van der Waals surface area contributed by atoms with Gasteiger partial charge in [-0.25, -0.2) is 18.6 Å². The van der Waals surface area contributed by atoms with Gasteiger partial charge in [0.15, 0.2) is 5.69 Å². The molecule has 0 fully saturated rings. The number of alkyl halides is 2. The van der Waals surface area contributed by atoms with Crippen molar-refractivity contribution in [2.45, 2.75) is 19.9 Å². The number of carbonyl (C=O) groups is 1. The van der Waals surface area contributed by atoms with Crippen LogP contribution in [-0.4, -0.2) is 16.1 Å². The standard InChI is InChI=1S/C9H10F2N2O2/c1-4-6(8(10)11)2-5(3-12)13-7(4)9(14)15/h2,8H,3,12H2,1H3,(H,14,15). The van der Waals surface area contributed by atoms with Gasteiger partial charge in [-0.05, 0) is 18.6 Å². The monoisotopic (exact) mass is 216 g/mol. The number of aromatic nitrogens is 1. The van der Waals surface area contributed by atoms with Crippen LogP contribution in [0.3, 0.4) is 0 Å². The highest BCUT2D eigenvalue weighted by molar-refractivity contribution is 5.87. The van der Waals surface area contributed by atoms with E-state index < -0.39 is 12.4 Å². The van der Waals surface area contributed by atoms with Crippen molar-refractivity contribution in [3.63, 3.8) is 0 Å². The van der Waals surface area contributed by atoms with E-state index in [1.165, 1.54) is 6.92 Å². The number of pyridine rings is 1. The fourth-order valence-corrected chi connectivity index (χ4v) is 1.22. The summed E-state index contributed by atoms with van der Waals surface area (Å²) in [5, 5.41) is 8.74. The molecule has 4 nitrogen and oxygen atoms in total. The number of hydrogen-bond donors (Lipinski definition) is 2. The molecule has 0 aromatic carbocycles. The fourth-order valence-electron chi connectivity index (χ4n) is 1.22. The second-order valence-corrected chi connectivity index (χ2v) is 2.99. The summed E-state index contributed by atoms with van der Waals surface area (Å²) in [4.78, 5) is 14.4. The molecule has 0 bridgehead atoms. The van der Waals surface area contributed by atoms with Gasteiger partial charge >= 0.3 is 5.97 Å². The zero-order chi connectivity index (χ0) is 11.6. The maximum atomic E-state index is 12.5. The number of carboxylic acids is 1. The Morgan fingerprint density at radius 2 is 2.27 bits per heavy atom. The molecule has 1 aromatic heterocycles. The van der Waals surface area contributed by atoms with E-state index in [2.05, 4.69) is 4.98 Å². The average Bonchev–Trinajstić information content (AvgIpc) is 2.17. The lowest BCUT2D eigenvalue weighted by Gasteiger charge is -2.09. The van der Waals surface area contributed by atoms with Gasteiger partial charge < -0.3 is 10.8 Å². The van der Waals surface area contributed by atoms with Crippen LogP contribution < -0.4 is 5.73 Å². The molecule has 6 heteroatoms. The molecule has 1 aromatic rings. The largest absolute Gasteiger partial charge is 0.477 e. The van der Waals surface area contributed by atoms with E-state index >= 15 is 0 Å². The van der Waals surface area contributed by atoms with E-state index in [-0.39, 0.29) is 29.1 Å². The van der Waals surface area contributed by atoms with Crippen molar-refractivity contribution in [3.05, 3.63) is 28.6 Å². The van der Waals surface area contributed by atoms with Crippen molar-refractivity contribution in [1.29, 1.82) is 0 Å². The smallest absolute Gasteiger partial charge is 0.354 e. The maximum absolute atomic E-state index is 12.5. The Bertz CT molecular complexity index is 394. The Hall–Kier alpha value is -1.56. The molecule has 0 spiro atoms. The van der Waals surface area contributed by atoms with Crippen molar-refractivity contribution in [3.8, 4) is 0 Å². The van der Waals surface area contributed by atoms with Gasteiger partial charge in [0.2, 0.25) is 0 Å². The molecule has 0 amide bonds. The molecule has 3 N–H and O–H groups in total. The molecule has 0 aliphatic rings.